The summed E-state index contributed by atoms with van der Waals surface area (Å²) in [7, 11) is -3.70. The standard InChI is InChI=1S/C15H19NO4S/c1-11-4-6-13(7-5-11)21(19,20)16-8-2-3-12-9-15(12,16)14(18)10-17/h4-7,12,17H,2-3,8-10H2,1H3/t12-,15+/m1/s1. The zero-order valence-corrected chi connectivity index (χ0v) is 12.8. The zero-order valence-electron chi connectivity index (χ0n) is 11.9. The van der Waals surface area contributed by atoms with Crippen LogP contribution in [0.25, 0.3) is 0 Å². The molecule has 1 aromatic rings. The Morgan fingerprint density at radius 3 is 2.67 bits per heavy atom. The minimum absolute atomic E-state index is 0.0612. The van der Waals surface area contributed by atoms with Crippen molar-refractivity contribution in [1.82, 2.24) is 4.31 Å². The van der Waals surface area contributed by atoms with Gasteiger partial charge in [0.1, 0.15) is 6.61 Å². The van der Waals surface area contributed by atoms with Gasteiger partial charge in [-0.1, -0.05) is 17.7 Å². The van der Waals surface area contributed by atoms with E-state index >= 15 is 0 Å². The maximum Gasteiger partial charge on any atom is 0.243 e. The lowest BCUT2D eigenvalue weighted by Crippen LogP contribution is -2.52. The maximum atomic E-state index is 12.9. The van der Waals surface area contributed by atoms with Crippen LogP contribution in [0.3, 0.4) is 0 Å². The molecule has 21 heavy (non-hydrogen) atoms. The normalized spacial score (nSPS) is 29.0. The number of hydrogen-bond acceptors (Lipinski definition) is 4. The molecule has 0 spiro atoms. The highest BCUT2D eigenvalue weighted by Gasteiger charge is 2.67. The van der Waals surface area contributed by atoms with E-state index in [1.165, 1.54) is 4.31 Å². The molecule has 0 bridgehead atoms. The van der Waals surface area contributed by atoms with Gasteiger partial charge in [-0.05, 0) is 44.2 Å². The summed E-state index contributed by atoms with van der Waals surface area (Å²) >= 11 is 0. The van der Waals surface area contributed by atoms with Gasteiger partial charge in [-0.25, -0.2) is 8.42 Å². The zero-order chi connectivity index (χ0) is 15.3. The predicted molar refractivity (Wildman–Crippen MR) is 77.2 cm³/mol. The van der Waals surface area contributed by atoms with Gasteiger partial charge in [0.05, 0.1) is 10.4 Å². The molecular formula is C15H19NO4S. The minimum Gasteiger partial charge on any atom is -0.389 e. The fourth-order valence-electron chi connectivity index (χ4n) is 3.43. The number of carbonyl (C=O) groups excluding carboxylic acids is 1. The molecule has 3 rings (SSSR count). The maximum absolute atomic E-state index is 12.9. The molecule has 0 amide bonds. The molecule has 1 N–H and O–H groups in total. The first kappa shape index (κ1) is 14.7. The second-order valence-corrected chi connectivity index (χ2v) is 7.80. The Bertz CT molecular complexity index is 667. The van der Waals surface area contributed by atoms with Crippen LogP contribution in [-0.4, -0.2) is 42.3 Å². The Hall–Kier alpha value is -1.24. The van der Waals surface area contributed by atoms with Crippen LogP contribution in [0.15, 0.2) is 29.2 Å². The largest absolute Gasteiger partial charge is 0.389 e. The summed E-state index contributed by atoms with van der Waals surface area (Å²) in [6.07, 6.45) is 2.15. The van der Waals surface area contributed by atoms with Crippen LogP contribution in [0.2, 0.25) is 0 Å². The molecule has 1 aliphatic carbocycles. The van der Waals surface area contributed by atoms with E-state index in [4.69, 9.17) is 0 Å². The molecular weight excluding hydrogens is 290 g/mol. The first-order chi connectivity index (χ1) is 9.92. The number of nitrogens with zero attached hydrogens (tertiary/aromatic N) is 1. The number of aryl methyl sites for hydroxylation is 1. The van der Waals surface area contributed by atoms with Crippen molar-refractivity contribution >= 4 is 15.8 Å². The number of aliphatic hydroxyl groups excluding tert-OH is 1. The summed E-state index contributed by atoms with van der Waals surface area (Å²) in [4.78, 5) is 12.3. The summed E-state index contributed by atoms with van der Waals surface area (Å²) in [5, 5.41) is 9.20. The van der Waals surface area contributed by atoms with E-state index in [0.717, 1.165) is 18.4 Å². The third-order valence-corrected chi connectivity index (χ3v) is 6.62. The molecule has 1 aromatic carbocycles. The van der Waals surface area contributed by atoms with Crippen LogP contribution < -0.4 is 0 Å². The molecule has 2 atom stereocenters. The lowest BCUT2D eigenvalue weighted by molar-refractivity contribution is -0.127. The molecule has 1 aliphatic heterocycles. The lowest BCUT2D eigenvalue weighted by atomic mass is 10.0. The predicted octanol–water partition coefficient (Wildman–Crippen LogP) is 1.10. The van der Waals surface area contributed by atoms with Crippen molar-refractivity contribution < 1.29 is 18.3 Å². The third kappa shape index (κ3) is 2.13. The highest BCUT2D eigenvalue weighted by Crippen LogP contribution is 2.56. The van der Waals surface area contributed by atoms with Crippen molar-refractivity contribution in [3.05, 3.63) is 29.8 Å². The summed E-state index contributed by atoms with van der Waals surface area (Å²) in [6.45, 7) is 1.64. The Morgan fingerprint density at radius 1 is 1.38 bits per heavy atom. The van der Waals surface area contributed by atoms with Crippen molar-refractivity contribution in [3.63, 3.8) is 0 Å². The van der Waals surface area contributed by atoms with Crippen LogP contribution in [0.5, 0.6) is 0 Å². The Kier molecular flexibility index (Phi) is 3.43. The lowest BCUT2D eigenvalue weighted by Gasteiger charge is -2.34. The molecule has 1 saturated heterocycles. The second-order valence-electron chi connectivity index (χ2n) is 5.94. The molecule has 0 unspecified atom stereocenters. The fourth-order valence-corrected chi connectivity index (χ4v) is 5.29. The van der Waals surface area contributed by atoms with Gasteiger partial charge in [-0.3, -0.25) is 4.79 Å². The summed E-state index contributed by atoms with van der Waals surface area (Å²) in [5.41, 5.74) is -0.00507. The molecule has 114 valence electrons. The first-order valence-corrected chi connectivity index (χ1v) is 8.60. The number of aliphatic hydroxyl groups is 1. The van der Waals surface area contributed by atoms with Crippen molar-refractivity contribution in [1.29, 1.82) is 0 Å². The smallest absolute Gasteiger partial charge is 0.243 e. The van der Waals surface area contributed by atoms with E-state index in [-0.39, 0.29) is 16.6 Å². The highest BCUT2D eigenvalue weighted by molar-refractivity contribution is 7.89. The number of fused-ring (bicyclic) bond motifs is 1. The van der Waals surface area contributed by atoms with Crippen LogP contribution in [-0.2, 0) is 14.8 Å². The van der Waals surface area contributed by atoms with E-state index in [0.29, 0.717) is 13.0 Å². The van der Waals surface area contributed by atoms with Gasteiger partial charge in [0.25, 0.3) is 0 Å². The number of sulfonamides is 1. The van der Waals surface area contributed by atoms with Gasteiger partial charge in [0, 0.05) is 6.54 Å². The van der Waals surface area contributed by atoms with E-state index in [1.54, 1.807) is 24.3 Å². The molecule has 6 heteroatoms. The van der Waals surface area contributed by atoms with Crippen molar-refractivity contribution in [2.24, 2.45) is 5.92 Å². The first-order valence-electron chi connectivity index (χ1n) is 7.16. The molecule has 1 saturated carbocycles. The SMILES string of the molecule is Cc1ccc(S(=O)(=O)N2CCC[C@@H]3C[C@@]32C(=O)CO)cc1. The summed E-state index contributed by atoms with van der Waals surface area (Å²) < 4.78 is 27.0. The molecule has 2 aliphatic rings. The molecule has 0 aromatic heterocycles. The summed E-state index contributed by atoms with van der Waals surface area (Å²) in [6, 6.07) is 6.66. The Labute approximate surface area is 124 Å². The minimum atomic E-state index is -3.70. The van der Waals surface area contributed by atoms with Crippen molar-refractivity contribution in [3.8, 4) is 0 Å². The van der Waals surface area contributed by atoms with Gasteiger partial charge in [-0.15, -0.1) is 0 Å². The molecule has 5 nitrogen and oxygen atoms in total. The number of rotatable bonds is 4. The fraction of sp³-hybridized carbons (Fsp3) is 0.533. The average Bonchev–Trinajstić information content (AvgIpc) is 3.22. The van der Waals surface area contributed by atoms with Gasteiger partial charge in [0.2, 0.25) is 10.0 Å². The van der Waals surface area contributed by atoms with E-state index in [2.05, 4.69) is 0 Å². The van der Waals surface area contributed by atoms with Crippen LogP contribution in [0, 0.1) is 12.8 Å². The number of ketones is 1. The van der Waals surface area contributed by atoms with Gasteiger partial charge < -0.3 is 5.11 Å². The monoisotopic (exact) mass is 309 g/mol. The van der Waals surface area contributed by atoms with Crippen molar-refractivity contribution in [2.45, 2.75) is 36.6 Å². The van der Waals surface area contributed by atoms with Gasteiger partial charge in [0.15, 0.2) is 5.78 Å². The Morgan fingerprint density at radius 2 is 2.05 bits per heavy atom. The van der Waals surface area contributed by atoms with Gasteiger partial charge >= 0.3 is 0 Å². The Balaban J connectivity index is 2.01. The number of carbonyl (C=O) groups is 1. The topological polar surface area (TPSA) is 74.7 Å². The second kappa shape index (κ2) is 4.90. The number of benzene rings is 1. The van der Waals surface area contributed by atoms with Crippen LogP contribution >= 0.6 is 0 Å². The van der Waals surface area contributed by atoms with Crippen LogP contribution in [0.4, 0.5) is 0 Å². The van der Waals surface area contributed by atoms with E-state index in [9.17, 15) is 18.3 Å². The number of piperidine rings is 1. The van der Waals surface area contributed by atoms with E-state index < -0.39 is 22.2 Å². The number of Topliss-reactive ketones (excluding diaryl/α,β-unsaturated/α-hetero) is 1. The molecule has 2 fully saturated rings. The van der Waals surface area contributed by atoms with E-state index in [1.807, 2.05) is 6.92 Å². The van der Waals surface area contributed by atoms with Crippen LogP contribution in [0.1, 0.15) is 24.8 Å². The van der Waals surface area contributed by atoms with Crippen molar-refractivity contribution in [2.75, 3.05) is 13.2 Å². The molecule has 1 heterocycles. The molecule has 0 radical (unpaired) electrons. The quantitative estimate of drug-likeness (QED) is 0.904. The summed E-state index contributed by atoms with van der Waals surface area (Å²) in [5.74, 6) is -0.311. The average molecular weight is 309 g/mol. The highest BCUT2D eigenvalue weighted by atomic mass is 32.2. The third-order valence-electron chi connectivity index (χ3n) is 4.67. The van der Waals surface area contributed by atoms with Gasteiger partial charge in [-0.2, -0.15) is 4.31 Å². The number of hydrogen-bond donors (Lipinski definition) is 1.